The number of aromatic nitrogens is 3. The topological polar surface area (TPSA) is 97.0 Å². The second-order valence-electron chi connectivity index (χ2n) is 6.41. The number of hydrogen-bond donors (Lipinski definition) is 2. The lowest BCUT2D eigenvalue weighted by molar-refractivity contribution is 0.340. The van der Waals surface area contributed by atoms with Crippen LogP contribution in [0.3, 0.4) is 0 Å². The van der Waals surface area contributed by atoms with Gasteiger partial charge < -0.3 is 4.74 Å². The van der Waals surface area contributed by atoms with E-state index in [4.69, 9.17) is 4.74 Å². The van der Waals surface area contributed by atoms with Crippen LogP contribution in [0, 0.1) is 6.92 Å². The van der Waals surface area contributed by atoms with Gasteiger partial charge in [0.2, 0.25) is 10.0 Å². The van der Waals surface area contributed by atoms with E-state index >= 15 is 0 Å². The molecule has 2 N–H and O–H groups in total. The summed E-state index contributed by atoms with van der Waals surface area (Å²) in [5.74, 6) is 1.98. The molecule has 2 aromatic carbocycles. The number of hydrogen-bond acceptors (Lipinski definition) is 5. The summed E-state index contributed by atoms with van der Waals surface area (Å²) in [6.07, 6.45) is 1.06. The summed E-state index contributed by atoms with van der Waals surface area (Å²) in [5.41, 5.74) is 2.35. The summed E-state index contributed by atoms with van der Waals surface area (Å²) in [4.78, 5) is 4.63. The minimum absolute atomic E-state index is 0.200. The van der Waals surface area contributed by atoms with Crippen molar-refractivity contribution in [2.24, 2.45) is 0 Å². The Bertz CT molecular complexity index is 997. The van der Waals surface area contributed by atoms with E-state index in [-0.39, 0.29) is 11.4 Å². The molecule has 28 heavy (non-hydrogen) atoms. The van der Waals surface area contributed by atoms with Crippen LogP contribution in [0.4, 0.5) is 0 Å². The van der Waals surface area contributed by atoms with Crippen molar-refractivity contribution in [3.05, 3.63) is 71.3 Å². The molecule has 3 rings (SSSR count). The van der Waals surface area contributed by atoms with Gasteiger partial charge in [0.05, 0.1) is 11.5 Å². The second-order valence-corrected chi connectivity index (χ2v) is 8.18. The number of benzene rings is 2. The third kappa shape index (κ3) is 5.40. The van der Waals surface area contributed by atoms with Gasteiger partial charge in [0.25, 0.3) is 0 Å². The van der Waals surface area contributed by atoms with Gasteiger partial charge in [-0.15, -0.1) is 0 Å². The van der Waals surface area contributed by atoms with Gasteiger partial charge in [-0.05, 0) is 43.7 Å². The van der Waals surface area contributed by atoms with Crippen LogP contribution in [0.15, 0.2) is 53.4 Å². The summed E-state index contributed by atoms with van der Waals surface area (Å²) in [7, 11) is -3.58. The molecule has 0 fully saturated rings. The van der Waals surface area contributed by atoms with Crippen molar-refractivity contribution < 1.29 is 13.2 Å². The first-order valence-electron chi connectivity index (χ1n) is 9.14. The highest BCUT2D eigenvalue weighted by Crippen LogP contribution is 2.15. The Kier molecular flexibility index (Phi) is 6.43. The monoisotopic (exact) mass is 400 g/mol. The van der Waals surface area contributed by atoms with Gasteiger partial charge >= 0.3 is 0 Å². The molecule has 7 nitrogen and oxygen atoms in total. The zero-order valence-electron chi connectivity index (χ0n) is 16.0. The van der Waals surface area contributed by atoms with Crippen LogP contribution in [-0.4, -0.2) is 36.8 Å². The van der Waals surface area contributed by atoms with Crippen molar-refractivity contribution in [2.75, 3.05) is 13.2 Å². The van der Waals surface area contributed by atoms with E-state index < -0.39 is 10.0 Å². The normalized spacial score (nSPS) is 11.5. The van der Waals surface area contributed by atoms with Crippen LogP contribution < -0.4 is 9.46 Å². The fourth-order valence-corrected chi connectivity index (χ4v) is 3.72. The lowest BCUT2D eigenvalue weighted by atomic mass is 10.1. The van der Waals surface area contributed by atoms with E-state index in [0.29, 0.717) is 31.0 Å². The number of nitrogens with zero attached hydrogens (tertiary/aromatic N) is 2. The number of aryl methyl sites for hydroxylation is 1. The maximum absolute atomic E-state index is 12.4. The molecule has 1 heterocycles. The standard InChI is InChI=1S/C20H24N4O3S/c1-3-27-17-8-10-18(11-9-17)28(25,26)21-13-12-19-22-20(24-23-19)14-16-6-4-15(2)5-7-16/h4-11,21H,3,12-14H2,1-2H3,(H,22,23,24). The molecule has 0 radical (unpaired) electrons. The van der Waals surface area contributed by atoms with Gasteiger partial charge in [-0.1, -0.05) is 29.8 Å². The summed E-state index contributed by atoms with van der Waals surface area (Å²) in [6.45, 7) is 4.68. The molecule has 3 aromatic rings. The predicted octanol–water partition coefficient (Wildman–Crippen LogP) is 2.62. The van der Waals surface area contributed by atoms with Crippen molar-refractivity contribution in [1.82, 2.24) is 19.9 Å². The zero-order valence-corrected chi connectivity index (χ0v) is 16.8. The molecule has 0 aliphatic heterocycles. The number of sulfonamides is 1. The van der Waals surface area contributed by atoms with Crippen molar-refractivity contribution >= 4 is 10.0 Å². The molecule has 0 saturated heterocycles. The number of nitrogens with one attached hydrogen (secondary N) is 2. The van der Waals surface area contributed by atoms with Crippen LogP contribution in [0.2, 0.25) is 0 Å². The summed E-state index contributed by atoms with van der Waals surface area (Å²) in [6, 6.07) is 14.6. The third-order valence-electron chi connectivity index (χ3n) is 4.16. The Hall–Kier alpha value is -2.71. The van der Waals surface area contributed by atoms with Crippen LogP contribution in [-0.2, 0) is 22.9 Å². The first-order valence-corrected chi connectivity index (χ1v) is 10.6. The molecule has 1 aromatic heterocycles. The molecule has 0 saturated carbocycles. The minimum atomic E-state index is -3.58. The van der Waals surface area contributed by atoms with Crippen LogP contribution in [0.25, 0.3) is 0 Å². The van der Waals surface area contributed by atoms with E-state index in [0.717, 1.165) is 11.4 Å². The number of rotatable bonds is 9. The minimum Gasteiger partial charge on any atom is -0.494 e. The number of H-pyrrole nitrogens is 1. The molecular formula is C20H24N4O3S. The molecule has 0 amide bonds. The van der Waals surface area contributed by atoms with Gasteiger partial charge in [-0.25, -0.2) is 18.1 Å². The van der Waals surface area contributed by atoms with Crippen LogP contribution in [0.5, 0.6) is 5.75 Å². The van der Waals surface area contributed by atoms with Gasteiger partial charge in [-0.2, -0.15) is 5.10 Å². The lowest BCUT2D eigenvalue weighted by Gasteiger charge is -2.07. The van der Waals surface area contributed by atoms with Gasteiger partial charge in [-0.3, -0.25) is 5.10 Å². The van der Waals surface area contributed by atoms with Gasteiger partial charge in [0.1, 0.15) is 11.6 Å². The number of aromatic amines is 1. The molecule has 8 heteroatoms. The molecule has 0 atom stereocenters. The van der Waals surface area contributed by atoms with Crippen LogP contribution in [0.1, 0.15) is 29.7 Å². The molecule has 0 aliphatic rings. The van der Waals surface area contributed by atoms with E-state index in [9.17, 15) is 8.42 Å². The van der Waals surface area contributed by atoms with Crippen molar-refractivity contribution in [3.63, 3.8) is 0 Å². The van der Waals surface area contributed by atoms with Gasteiger partial charge in [0.15, 0.2) is 5.82 Å². The van der Waals surface area contributed by atoms with E-state index in [1.54, 1.807) is 12.1 Å². The van der Waals surface area contributed by atoms with E-state index in [1.807, 2.05) is 13.8 Å². The Morgan fingerprint density at radius 3 is 2.46 bits per heavy atom. The van der Waals surface area contributed by atoms with E-state index in [2.05, 4.69) is 44.2 Å². The zero-order chi connectivity index (χ0) is 20.0. The summed E-state index contributed by atoms with van der Waals surface area (Å²) in [5, 5.41) is 7.08. The van der Waals surface area contributed by atoms with Crippen molar-refractivity contribution in [1.29, 1.82) is 0 Å². The molecular weight excluding hydrogens is 376 g/mol. The first-order chi connectivity index (χ1) is 13.5. The quantitative estimate of drug-likeness (QED) is 0.575. The SMILES string of the molecule is CCOc1ccc(S(=O)(=O)NCCc2n[nH]c(Cc3ccc(C)cc3)n2)cc1. The van der Waals surface area contributed by atoms with E-state index in [1.165, 1.54) is 17.7 Å². The molecule has 148 valence electrons. The molecule has 0 bridgehead atoms. The average molecular weight is 401 g/mol. The predicted molar refractivity (Wildman–Crippen MR) is 107 cm³/mol. The van der Waals surface area contributed by atoms with Gasteiger partial charge in [0, 0.05) is 19.4 Å². The molecule has 0 spiro atoms. The van der Waals surface area contributed by atoms with Crippen molar-refractivity contribution in [2.45, 2.75) is 31.6 Å². The lowest BCUT2D eigenvalue weighted by Crippen LogP contribution is -2.26. The Morgan fingerprint density at radius 2 is 1.79 bits per heavy atom. The maximum atomic E-state index is 12.4. The fourth-order valence-electron chi connectivity index (χ4n) is 2.69. The highest BCUT2D eigenvalue weighted by molar-refractivity contribution is 7.89. The smallest absolute Gasteiger partial charge is 0.240 e. The van der Waals surface area contributed by atoms with Crippen molar-refractivity contribution in [3.8, 4) is 5.75 Å². The Labute approximate surface area is 165 Å². The third-order valence-corrected chi connectivity index (χ3v) is 5.63. The van der Waals surface area contributed by atoms with Crippen LogP contribution >= 0.6 is 0 Å². The Morgan fingerprint density at radius 1 is 1.07 bits per heavy atom. The first kappa shape index (κ1) is 20.0. The maximum Gasteiger partial charge on any atom is 0.240 e. The fraction of sp³-hybridized carbons (Fsp3) is 0.300. The second kappa shape index (κ2) is 8.99. The summed E-state index contributed by atoms with van der Waals surface area (Å²) >= 11 is 0. The number of ether oxygens (including phenoxy) is 1. The molecule has 0 aliphatic carbocycles. The summed E-state index contributed by atoms with van der Waals surface area (Å²) < 4.78 is 32.6. The Balaban J connectivity index is 1.53. The highest BCUT2D eigenvalue weighted by atomic mass is 32.2. The largest absolute Gasteiger partial charge is 0.494 e. The average Bonchev–Trinajstić information content (AvgIpc) is 3.11. The molecule has 0 unspecified atom stereocenters. The highest BCUT2D eigenvalue weighted by Gasteiger charge is 2.14.